The van der Waals surface area contributed by atoms with Gasteiger partial charge in [0.05, 0.1) is 11.1 Å². The van der Waals surface area contributed by atoms with Gasteiger partial charge in [0.2, 0.25) is 0 Å². The predicted octanol–water partition coefficient (Wildman–Crippen LogP) is 3.55. The number of aromatic nitrogens is 2. The van der Waals surface area contributed by atoms with Gasteiger partial charge in [-0.05, 0) is 36.7 Å². The fraction of sp³-hybridized carbons (Fsp3) is 0.188. The Morgan fingerprint density at radius 1 is 1.09 bits per heavy atom. The number of benzene rings is 1. The fourth-order valence-corrected chi connectivity index (χ4v) is 2.59. The van der Waals surface area contributed by atoms with E-state index in [-0.39, 0.29) is 5.82 Å². The molecule has 0 amide bonds. The normalized spacial score (nSPS) is 12.0. The summed E-state index contributed by atoms with van der Waals surface area (Å²) >= 11 is 0. The minimum atomic E-state index is -4.46. The van der Waals surface area contributed by atoms with Crippen molar-refractivity contribution in [3.8, 4) is 5.82 Å². The highest BCUT2D eigenvalue weighted by Gasteiger charge is 2.34. The second kappa shape index (κ2) is 5.46. The smallest absolute Gasteiger partial charge is 0.330 e. The molecule has 0 atom stereocenters. The van der Waals surface area contributed by atoms with Crippen molar-refractivity contribution in [3.63, 3.8) is 0 Å². The molecule has 2 N–H and O–H groups in total. The van der Waals surface area contributed by atoms with Crippen LogP contribution in [0.15, 0.2) is 48.8 Å². The Balaban J connectivity index is 2.28. The maximum Gasteiger partial charge on any atom is 0.419 e. The van der Waals surface area contributed by atoms with Gasteiger partial charge in [0.1, 0.15) is 5.82 Å². The molecule has 0 aliphatic heterocycles. The highest BCUT2D eigenvalue weighted by Crippen LogP contribution is 2.34. The average Bonchev–Trinajstić information content (AvgIpc) is 2.86. The van der Waals surface area contributed by atoms with Crippen molar-refractivity contribution < 1.29 is 13.2 Å². The molecule has 0 unspecified atom stereocenters. The number of hydrogen-bond acceptors (Lipinski definition) is 2. The average molecular weight is 305 g/mol. The third-order valence-electron chi connectivity index (χ3n) is 3.53. The Kier molecular flexibility index (Phi) is 3.62. The molecule has 6 heteroatoms. The first kappa shape index (κ1) is 14.6. The van der Waals surface area contributed by atoms with Crippen molar-refractivity contribution in [3.05, 3.63) is 59.9 Å². The molecule has 0 spiro atoms. The molecule has 22 heavy (non-hydrogen) atoms. The van der Waals surface area contributed by atoms with Crippen molar-refractivity contribution in [1.29, 1.82) is 0 Å². The molecule has 0 saturated carbocycles. The van der Waals surface area contributed by atoms with Crippen molar-refractivity contribution in [2.24, 2.45) is 5.73 Å². The topological polar surface area (TPSA) is 43.8 Å². The van der Waals surface area contributed by atoms with Crippen LogP contribution in [0.25, 0.3) is 16.7 Å². The molecule has 3 rings (SSSR count). The third-order valence-corrected chi connectivity index (χ3v) is 3.53. The third kappa shape index (κ3) is 2.46. The summed E-state index contributed by atoms with van der Waals surface area (Å²) in [6, 6.07) is 9.65. The lowest BCUT2D eigenvalue weighted by Gasteiger charge is -2.13. The Hall–Kier alpha value is -2.34. The summed E-state index contributed by atoms with van der Waals surface area (Å²) < 4.78 is 41.1. The minimum Gasteiger partial charge on any atom is -0.330 e. The van der Waals surface area contributed by atoms with E-state index in [9.17, 15) is 13.2 Å². The quantitative estimate of drug-likeness (QED) is 0.804. The van der Waals surface area contributed by atoms with E-state index in [2.05, 4.69) is 4.98 Å². The zero-order valence-electron chi connectivity index (χ0n) is 11.6. The van der Waals surface area contributed by atoms with Crippen LogP contribution in [-0.2, 0) is 12.6 Å². The van der Waals surface area contributed by atoms with E-state index in [4.69, 9.17) is 5.73 Å². The van der Waals surface area contributed by atoms with Gasteiger partial charge in [-0.3, -0.25) is 0 Å². The maximum absolute atomic E-state index is 13.2. The van der Waals surface area contributed by atoms with Gasteiger partial charge in [0.25, 0.3) is 0 Å². The molecule has 0 radical (unpaired) electrons. The molecule has 0 fully saturated rings. The molecular formula is C16H14F3N3. The zero-order valence-corrected chi connectivity index (χ0v) is 11.6. The van der Waals surface area contributed by atoms with Gasteiger partial charge in [0, 0.05) is 17.8 Å². The molecular weight excluding hydrogens is 291 g/mol. The van der Waals surface area contributed by atoms with Crippen LogP contribution in [0, 0.1) is 0 Å². The summed E-state index contributed by atoms with van der Waals surface area (Å²) in [5, 5.41) is 0.895. The number of nitrogens with zero attached hydrogens (tertiary/aromatic N) is 2. The van der Waals surface area contributed by atoms with E-state index < -0.39 is 11.7 Å². The summed E-state index contributed by atoms with van der Waals surface area (Å²) in [6.07, 6.45) is -0.804. The first-order chi connectivity index (χ1) is 10.5. The van der Waals surface area contributed by atoms with E-state index in [0.29, 0.717) is 18.5 Å². The first-order valence-corrected chi connectivity index (χ1v) is 6.84. The minimum absolute atomic E-state index is 0.116. The van der Waals surface area contributed by atoms with Gasteiger partial charge in [-0.25, -0.2) is 4.98 Å². The fourth-order valence-electron chi connectivity index (χ4n) is 2.59. The van der Waals surface area contributed by atoms with Crippen LogP contribution >= 0.6 is 0 Å². The largest absolute Gasteiger partial charge is 0.419 e. The van der Waals surface area contributed by atoms with Crippen molar-refractivity contribution in [2.45, 2.75) is 12.6 Å². The first-order valence-electron chi connectivity index (χ1n) is 6.84. The Morgan fingerprint density at radius 3 is 2.59 bits per heavy atom. The number of nitrogens with two attached hydrogens (primary N) is 1. The van der Waals surface area contributed by atoms with Crippen LogP contribution in [0.2, 0.25) is 0 Å². The van der Waals surface area contributed by atoms with Gasteiger partial charge in [0.15, 0.2) is 0 Å². The second-order valence-electron chi connectivity index (χ2n) is 4.95. The summed E-state index contributed by atoms with van der Waals surface area (Å²) in [4.78, 5) is 3.95. The molecule has 1 aromatic carbocycles. The van der Waals surface area contributed by atoms with Crippen LogP contribution in [0.4, 0.5) is 13.2 Å². The van der Waals surface area contributed by atoms with Crippen LogP contribution in [0.1, 0.15) is 11.1 Å². The maximum atomic E-state index is 13.2. The monoisotopic (exact) mass is 305 g/mol. The Bertz CT molecular complexity index is 806. The molecule has 0 aliphatic carbocycles. The Labute approximate surface area is 125 Å². The standard InChI is InChI=1S/C16H14F3N3/c17-16(18,19)13-5-3-9-21-15(13)22-10-11(7-8-20)12-4-1-2-6-14(12)22/h1-6,9-10H,7-8,20H2. The van der Waals surface area contributed by atoms with Gasteiger partial charge in [-0.2, -0.15) is 13.2 Å². The molecule has 3 nitrogen and oxygen atoms in total. The molecule has 114 valence electrons. The van der Waals surface area contributed by atoms with E-state index in [1.165, 1.54) is 16.8 Å². The van der Waals surface area contributed by atoms with Gasteiger partial charge in [-0.15, -0.1) is 0 Å². The lowest BCUT2D eigenvalue weighted by atomic mass is 10.1. The lowest BCUT2D eigenvalue weighted by Crippen LogP contribution is -2.11. The van der Waals surface area contributed by atoms with Crippen molar-refractivity contribution in [1.82, 2.24) is 9.55 Å². The molecule has 0 aliphatic rings. The number of rotatable bonds is 3. The molecule has 3 aromatic rings. The molecule has 2 heterocycles. The summed E-state index contributed by atoms with van der Waals surface area (Å²) in [7, 11) is 0. The van der Waals surface area contributed by atoms with Crippen LogP contribution in [-0.4, -0.2) is 16.1 Å². The molecule has 0 bridgehead atoms. The number of para-hydroxylation sites is 1. The van der Waals surface area contributed by atoms with Gasteiger partial charge in [-0.1, -0.05) is 18.2 Å². The predicted molar refractivity (Wildman–Crippen MR) is 78.8 cm³/mol. The zero-order chi connectivity index (χ0) is 15.7. The van der Waals surface area contributed by atoms with Crippen molar-refractivity contribution >= 4 is 10.9 Å². The van der Waals surface area contributed by atoms with Crippen LogP contribution < -0.4 is 5.73 Å². The van der Waals surface area contributed by atoms with Crippen molar-refractivity contribution in [2.75, 3.05) is 6.54 Å². The van der Waals surface area contributed by atoms with E-state index >= 15 is 0 Å². The summed E-state index contributed by atoms with van der Waals surface area (Å²) in [5.41, 5.74) is 6.44. The van der Waals surface area contributed by atoms with E-state index in [1.807, 2.05) is 12.1 Å². The van der Waals surface area contributed by atoms with E-state index in [0.717, 1.165) is 17.0 Å². The number of alkyl halides is 3. The van der Waals surface area contributed by atoms with Gasteiger partial charge < -0.3 is 10.3 Å². The van der Waals surface area contributed by atoms with Crippen LogP contribution in [0.3, 0.4) is 0 Å². The number of fused-ring (bicyclic) bond motifs is 1. The van der Waals surface area contributed by atoms with Crippen LogP contribution in [0.5, 0.6) is 0 Å². The SMILES string of the molecule is NCCc1cn(-c2ncccc2C(F)(F)F)c2ccccc12. The molecule has 0 saturated heterocycles. The number of hydrogen-bond donors (Lipinski definition) is 1. The summed E-state index contributed by atoms with van der Waals surface area (Å²) in [6.45, 7) is 0.433. The van der Waals surface area contributed by atoms with Gasteiger partial charge >= 0.3 is 6.18 Å². The lowest BCUT2D eigenvalue weighted by molar-refractivity contribution is -0.137. The second-order valence-corrected chi connectivity index (χ2v) is 4.95. The van der Waals surface area contributed by atoms with E-state index in [1.54, 1.807) is 18.3 Å². The highest BCUT2D eigenvalue weighted by molar-refractivity contribution is 5.85. The number of halogens is 3. The molecule has 2 aromatic heterocycles. The highest BCUT2D eigenvalue weighted by atomic mass is 19.4. The Morgan fingerprint density at radius 2 is 1.86 bits per heavy atom. The summed E-state index contributed by atoms with van der Waals surface area (Å²) in [5.74, 6) is -0.116. The number of pyridine rings is 1.